The first-order valence-electron chi connectivity index (χ1n) is 4.58. The van der Waals surface area contributed by atoms with E-state index in [4.69, 9.17) is 21.8 Å². The van der Waals surface area contributed by atoms with E-state index >= 15 is 0 Å². The van der Waals surface area contributed by atoms with Crippen LogP contribution in [0.3, 0.4) is 0 Å². The van der Waals surface area contributed by atoms with Crippen LogP contribution in [0.25, 0.3) is 0 Å². The van der Waals surface area contributed by atoms with Gasteiger partial charge in [0.2, 0.25) is 0 Å². The summed E-state index contributed by atoms with van der Waals surface area (Å²) in [4.78, 5) is 0. The van der Waals surface area contributed by atoms with Crippen LogP contribution in [0.15, 0.2) is 0 Å². The first-order valence-corrected chi connectivity index (χ1v) is 6.64. The van der Waals surface area contributed by atoms with Crippen LogP contribution in [0.2, 0.25) is 0 Å². The van der Waals surface area contributed by atoms with E-state index in [2.05, 4.69) is 22.6 Å². The number of aliphatic hydroxyl groups is 2. The van der Waals surface area contributed by atoms with Gasteiger partial charge >= 0.3 is 0 Å². The van der Waals surface area contributed by atoms with E-state index in [0.717, 1.165) is 4.43 Å². The monoisotopic (exact) mass is 336 g/mol. The quantitative estimate of drug-likeness (QED) is 0.612. The van der Waals surface area contributed by atoms with E-state index in [0.29, 0.717) is 5.88 Å². The average Bonchev–Trinajstić information content (AvgIpc) is 2.19. The Morgan fingerprint density at radius 2 is 1.36 bits per heavy atom. The van der Waals surface area contributed by atoms with Crippen molar-refractivity contribution in [1.82, 2.24) is 0 Å². The molecule has 0 atom stereocenters. The van der Waals surface area contributed by atoms with Crippen molar-refractivity contribution in [1.29, 1.82) is 0 Å². The highest BCUT2D eigenvalue weighted by Gasteiger charge is 2.13. The molecule has 14 heavy (non-hydrogen) atoms. The number of rotatable bonds is 4. The van der Waals surface area contributed by atoms with Crippen molar-refractivity contribution in [2.24, 2.45) is 10.8 Å². The van der Waals surface area contributed by atoms with Gasteiger partial charge in [-0.05, 0) is 5.41 Å². The molecule has 0 rings (SSSR count). The third-order valence-corrected chi connectivity index (χ3v) is 4.37. The fourth-order valence-electron chi connectivity index (χ4n) is 0.0845. The molecule has 0 amide bonds. The van der Waals surface area contributed by atoms with Gasteiger partial charge in [-0.2, -0.15) is 0 Å². The molecule has 0 spiro atoms. The Bertz CT molecular complexity index is 110. The highest BCUT2D eigenvalue weighted by Crippen LogP contribution is 2.16. The molecule has 0 aliphatic heterocycles. The number of alkyl halides is 2. The largest absolute Gasteiger partial charge is 0.396 e. The summed E-state index contributed by atoms with van der Waals surface area (Å²) in [6, 6.07) is 0. The highest BCUT2D eigenvalue weighted by atomic mass is 127. The Morgan fingerprint density at radius 1 is 1.00 bits per heavy atom. The summed E-state index contributed by atoms with van der Waals surface area (Å²) in [6.45, 7) is 8.37. The molecule has 0 unspecified atom stereocenters. The third-order valence-electron chi connectivity index (χ3n) is 1.58. The fraction of sp³-hybridized carbons (Fsp3) is 1.00. The van der Waals surface area contributed by atoms with Crippen LogP contribution in [0.5, 0.6) is 0 Å². The molecule has 0 aromatic carbocycles. The number of aliphatic hydroxyl groups excluding tert-OH is 2. The minimum Gasteiger partial charge on any atom is -0.396 e. The van der Waals surface area contributed by atoms with Crippen molar-refractivity contribution < 1.29 is 10.2 Å². The molecule has 0 aliphatic rings. The first kappa shape index (κ1) is 17.3. The van der Waals surface area contributed by atoms with E-state index in [-0.39, 0.29) is 24.0 Å². The summed E-state index contributed by atoms with van der Waals surface area (Å²) in [5, 5.41) is 17.1. The molecule has 0 radical (unpaired) electrons. The van der Waals surface area contributed by atoms with Gasteiger partial charge in [0.15, 0.2) is 0 Å². The van der Waals surface area contributed by atoms with Crippen molar-refractivity contribution in [2.45, 2.75) is 27.7 Å². The molecule has 0 saturated heterocycles. The van der Waals surface area contributed by atoms with Crippen LogP contribution in [-0.2, 0) is 0 Å². The Labute approximate surface area is 106 Å². The maximum Gasteiger partial charge on any atom is 0.0493 e. The summed E-state index contributed by atoms with van der Waals surface area (Å²) < 4.78 is 1.02. The minimum atomic E-state index is -0.0957. The third kappa shape index (κ3) is 11.0. The number of halogens is 2. The lowest BCUT2D eigenvalue weighted by Crippen LogP contribution is -2.17. The van der Waals surface area contributed by atoms with Gasteiger partial charge in [-0.25, -0.2) is 0 Å². The van der Waals surface area contributed by atoms with Crippen molar-refractivity contribution in [2.75, 3.05) is 23.5 Å². The van der Waals surface area contributed by atoms with E-state index in [1.54, 1.807) is 0 Å². The van der Waals surface area contributed by atoms with Crippen molar-refractivity contribution in [3.8, 4) is 0 Å². The number of hydrogen-bond donors (Lipinski definition) is 2. The lowest BCUT2D eigenvalue weighted by Gasteiger charge is -2.16. The summed E-state index contributed by atoms with van der Waals surface area (Å²) in [7, 11) is 0. The highest BCUT2D eigenvalue weighted by molar-refractivity contribution is 14.1. The van der Waals surface area contributed by atoms with Crippen LogP contribution >= 0.6 is 34.2 Å². The van der Waals surface area contributed by atoms with Gasteiger partial charge < -0.3 is 10.2 Å². The van der Waals surface area contributed by atoms with Gasteiger partial charge in [0.25, 0.3) is 0 Å². The maximum absolute atomic E-state index is 8.59. The van der Waals surface area contributed by atoms with Crippen molar-refractivity contribution >= 4 is 34.2 Å². The molecule has 4 heteroatoms. The van der Waals surface area contributed by atoms with E-state index in [1.165, 1.54) is 0 Å². The summed E-state index contributed by atoms with van der Waals surface area (Å²) >= 11 is 7.70. The molecule has 0 saturated carbocycles. The predicted molar refractivity (Wildman–Crippen MR) is 71.3 cm³/mol. The van der Waals surface area contributed by atoms with E-state index in [1.807, 2.05) is 27.7 Å². The Morgan fingerprint density at radius 3 is 1.36 bits per heavy atom. The molecule has 0 aliphatic carbocycles. The first-order chi connectivity index (χ1) is 6.24. The second-order valence-corrected chi connectivity index (χ2v) is 5.94. The minimum absolute atomic E-state index is 0.0957. The van der Waals surface area contributed by atoms with Crippen molar-refractivity contribution in [3.05, 3.63) is 0 Å². The van der Waals surface area contributed by atoms with E-state index < -0.39 is 0 Å². The zero-order chi connectivity index (χ0) is 11.8. The van der Waals surface area contributed by atoms with Gasteiger partial charge in [-0.15, -0.1) is 11.6 Å². The Balaban J connectivity index is 0. The Kier molecular flexibility index (Phi) is 10.1. The second kappa shape index (κ2) is 8.13. The molecule has 0 aromatic rings. The lowest BCUT2D eigenvalue weighted by atomic mass is 9.99. The van der Waals surface area contributed by atoms with E-state index in [9.17, 15) is 0 Å². The molecule has 88 valence electrons. The maximum atomic E-state index is 8.59. The molecular weight excluding hydrogens is 314 g/mol. The smallest absolute Gasteiger partial charge is 0.0493 e. The van der Waals surface area contributed by atoms with Gasteiger partial charge in [-0.3, -0.25) is 0 Å². The van der Waals surface area contributed by atoms with Crippen LogP contribution < -0.4 is 0 Å². The average molecular weight is 337 g/mol. The van der Waals surface area contributed by atoms with Crippen LogP contribution in [0.1, 0.15) is 27.7 Å². The molecule has 0 heterocycles. The van der Waals surface area contributed by atoms with Gasteiger partial charge in [0.05, 0.1) is 0 Å². The topological polar surface area (TPSA) is 40.5 Å². The molecule has 2 N–H and O–H groups in total. The second-order valence-electron chi connectivity index (χ2n) is 4.91. The zero-order valence-electron chi connectivity index (χ0n) is 9.48. The number of hydrogen-bond acceptors (Lipinski definition) is 2. The normalized spacial score (nSPS) is 12.0. The standard InChI is InChI=1S/C5H11ClO.C5H11IO/c2*1-5(2,3-6)4-7/h2*7H,3-4H2,1-2H3. The summed E-state index contributed by atoms with van der Waals surface area (Å²) in [5.74, 6) is 0.517. The SMILES string of the molecule is CC(C)(CO)CCl.CC(C)(CO)CI. The molecule has 0 bridgehead atoms. The van der Waals surface area contributed by atoms with Crippen LogP contribution in [0, 0.1) is 10.8 Å². The van der Waals surface area contributed by atoms with Gasteiger partial charge in [0.1, 0.15) is 0 Å². The molecule has 0 fully saturated rings. The zero-order valence-corrected chi connectivity index (χ0v) is 12.4. The van der Waals surface area contributed by atoms with Crippen molar-refractivity contribution in [3.63, 3.8) is 0 Å². The molecule has 0 aromatic heterocycles. The lowest BCUT2D eigenvalue weighted by molar-refractivity contribution is 0.179. The summed E-state index contributed by atoms with van der Waals surface area (Å²) in [6.07, 6.45) is 0. The summed E-state index contributed by atoms with van der Waals surface area (Å²) in [5.41, 5.74) is 0.0299. The Hall–Kier alpha value is 0.940. The molecule has 2 nitrogen and oxygen atoms in total. The molecular formula is C10H22ClIO2. The van der Waals surface area contributed by atoms with Crippen LogP contribution in [0.4, 0.5) is 0 Å². The predicted octanol–water partition coefficient (Wildman–Crippen LogP) is 2.68. The fourth-order valence-corrected chi connectivity index (χ4v) is 0.410. The van der Waals surface area contributed by atoms with Crippen LogP contribution in [-0.4, -0.2) is 33.7 Å². The van der Waals surface area contributed by atoms with Gasteiger partial charge in [0, 0.05) is 28.9 Å². The van der Waals surface area contributed by atoms with Gasteiger partial charge in [-0.1, -0.05) is 50.3 Å².